The Kier molecular flexibility index (Phi) is 7.67. The van der Waals surface area contributed by atoms with Crippen LogP contribution in [-0.4, -0.2) is 40.5 Å². The summed E-state index contributed by atoms with van der Waals surface area (Å²) in [5.74, 6) is -0.829. The lowest BCUT2D eigenvalue weighted by molar-refractivity contribution is -0.137. The van der Waals surface area contributed by atoms with Gasteiger partial charge in [0.05, 0.1) is 11.9 Å². The van der Waals surface area contributed by atoms with Crippen molar-refractivity contribution in [3.8, 4) is 6.07 Å². The fourth-order valence-electron chi connectivity index (χ4n) is 2.20. The van der Waals surface area contributed by atoms with Gasteiger partial charge < -0.3 is 21.7 Å². The second-order valence-electron chi connectivity index (χ2n) is 5.87. The minimum Gasteiger partial charge on any atom is -0.370 e. The highest BCUT2D eigenvalue weighted by molar-refractivity contribution is 5.73. The van der Waals surface area contributed by atoms with Gasteiger partial charge in [0.25, 0.3) is 0 Å². The fraction of sp³-hybridized carbons (Fsp3) is 0.353. The number of nitrogens with zero attached hydrogens (tertiary/aromatic N) is 4. The molecule has 2 aromatic heterocycles. The molecule has 0 fully saturated rings. The molecule has 2 rings (SSSR count). The van der Waals surface area contributed by atoms with E-state index in [-0.39, 0.29) is 30.4 Å². The zero-order chi connectivity index (χ0) is 21.3. The predicted octanol–water partition coefficient (Wildman–Crippen LogP) is 1.77. The van der Waals surface area contributed by atoms with Crippen LogP contribution in [0.5, 0.6) is 0 Å². The number of alkyl halides is 3. The molecule has 2 heterocycles. The van der Waals surface area contributed by atoms with Crippen molar-refractivity contribution in [1.82, 2.24) is 20.3 Å². The van der Waals surface area contributed by atoms with E-state index in [0.717, 1.165) is 0 Å². The molecular weight excluding hydrogens is 389 g/mol. The maximum Gasteiger partial charge on any atom is 0.421 e. The number of anilines is 3. The number of primary amides is 1. The van der Waals surface area contributed by atoms with E-state index in [1.807, 2.05) is 6.07 Å². The van der Waals surface area contributed by atoms with Crippen LogP contribution < -0.4 is 21.7 Å². The van der Waals surface area contributed by atoms with Gasteiger partial charge in [-0.2, -0.15) is 23.4 Å². The molecule has 5 N–H and O–H groups in total. The smallest absolute Gasteiger partial charge is 0.370 e. The van der Waals surface area contributed by atoms with Crippen molar-refractivity contribution in [1.29, 1.82) is 5.26 Å². The summed E-state index contributed by atoms with van der Waals surface area (Å²) in [5.41, 5.74) is 4.66. The molecule has 29 heavy (non-hydrogen) atoms. The molecule has 0 unspecified atom stereocenters. The highest BCUT2D eigenvalue weighted by atomic mass is 19.4. The molecule has 0 aliphatic heterocycles. The van der Waals surface area contributed by atoms with Crippen LogP contribution in [0.1, 0.15) is 24.1 Å². The molecule has 9 nitrogen and oxygen atoms in total. The van der Waals surface area contributed by atoms with Gasteiger partial charge in [0.15, 0.2) is 0 Å². The van der Waals surface area contributed by atoms with E-state index in [1.165, 1.54) is 18.3 Å². The molecule has 0 bridgehead atoms. The number of carbonyl (C=O) groups excluding carboxylic acids is 1. The summed E-state index contributed by atoms with van der Waals surface area (Å²) < 4.78 is 39.6. The standard InChI is InChI=1S/C17H19F3N8O/c18-17(19,20)13-10-26-16(27-12-3-2-11(8-21)25-9-12)28-15(13)24-6-1-5-23-7-4-14(22)29/h2-3,9-10,23H,1,4-7H2,(H2,22,29)(H2,24,26,27,28). The van der Waals surface area contributed by atoms with Crippen LogP contribution in [0.2, 0.25) is 0 Å². The predicted molar refractivity (Wildman–Crippen MR) is 99.1 cm³/mol. The molecule has 154 valence electrons. The van der Waals surface area contributed by atoms with Gasteiger partial charge in [-0.05, 0) is 25.1 Å². The summed E-state index contributed by atoms with van der Waals surface area (Å²) in [6.07, 6.45) is -1.87. The molecule has 0 aliphatic carbocycles. The average Bonchev–Trinajstić information content (AvgIpc) is 2.67. The van der Waals surface area contributed by atoms with Crippen LogP contribution in [-0.2, 0) is 11.0 Å². The summed E-state index contributed by atoms with van der Waals surface area (Å²) in [6, 6.07) is 4.86. The lowest BCUT2D eigenvalue weighted by Gasteiger charge is -2.15. The summed E-state index contributed by atoms with van der Waals surface area (Å²) in [7, 11) is 0. The summed E-state index contributed by atoms with van der Waals surface area (Å²) >= 11 is 0. The van der Waals surface area contributed by atoms with E-state index in [1.54, 1.807) is 0 Å². The van der Waals surface area contributed by atoms with Crippen molar-refractivity contribution < 1.29 is 18.0 Å². The quantitative estimate of drug-likeness (QED) is 0.436. The van der Waals surface area contributed by atoms with Gasteiger partial charge in [-0.1, -0.05) is 0 Å². The first kappa shape index (κ1) is 21.8. The molecule has 0 aliphatic rings. The van der Waals surface area contributed by atoms with E-state index >= 15 is 0 Å². The molecular formula is C17H19F3N8O. The monoisotopic (exact) mass is 408 g/mol. The Morgan fingerprint density at radius 3 is 2.59 bits per heavy atom. The van der Waals surface area contributed by atoms with Crippen molar-refractivity contribution >= 4 is 23.4 Å². The first-order chi connectivity index (χ1) is 13.8. The Labute approximate surface area is 164 Å². The second kappa shape index (κ2) is 10.2. The number of pyridine rings is 1. The minimum atomic E-state index is -4.61. The molecule has 0 saturated heterocycles. The van der Waals surface area contributed by atoms with Gasteiger partial charge in [-0.25, -0.2) is 9.97 Å². The molecule has 0 aromatic carbocycles. The number of nitriles is 1. The van der Waals surface area contributed by atoms with Crippen molar-refractivity contribution in [3.63, 3.8) is 0 Å². The van der Waals surface area contributed by atoms with Crippen LogP contribution in [0.25, 0.3) is 0 Å². The van der Waals surface area contributed by atoms with Crippen molar-refractivity contribution in [2.75, 3.05) is 30.3 Å². The molecule has 1 amide bonds. The third kappa shape index (κ3) is 7.23. The number of nitrogens with one attached hydrogen (secondary N) is 3. The largest absolute Gasteiger partial charge is 0.421 e. The number of halogens is 3. The van der Waals surface area contributed by atoms with Crippen molar-refractivity contribution in [3.05, 3.63) is 35.8 Å². The normalized spacial score (nSPS) is 11.0. The van der Waals surface area contributed by atoms with Gasteiger partial charge in [0.1, 0.15) is 23.1 Å². The average molecular weight is 408 g/mol. The molecule has 2 aromatic rings. The molecule has 12 heteroatoms. The molecule has 0 radical (unpaired) electrons. The maximum absolute atomic E-state index is 13.2. The van der Waals surface area contributed by atoms with Gasteiger partial charge in [0.2, 0.25) is 11.9 Å². The van der Waals surface area contributed by atoms with E-state index in [4.69, 9.17) is 11.0 Å². The zero-order valence-corrected chi connectivity index (χ0v) is 15.3. The van der Waals surface area contributed by atoms with Gasteiger partial charge >= 0.3 is 6.18 Å². The van der Waals surface area contributed by atoms with E-state index in [9.17, 15) is 18.0 Å². The number of carbonyl (C=O) groups is 1. The van der Waals surface area contributed by atoms with Gasteiger partial charge in [-0.3, -0.25) is 4.79 Å². The van der Waals surface area contributed by atoms with Crippen molar-refractivity contribution in [2.24, 2.45) is 5.73 Å². The number of rotatable bonds is 10. The molecule has 0 saturated carbocycles. The first-order valence-corrected chi connectivity index (χ1v) is 8.60. The summed E-state index contributed by atoms with van der Waals surface area (Å²) in [4.78, 5) is 22.1. The zero-order valence-electron chi connectivity index (χ0n) is 15.3. The first-order valence-electron chi connectivity index (χ1n) is 8.60. The number of amides is 1. The maximum atomic E-state index is 13.2. The highest BCUT2D eigenvalue weighted by Crippen LogP contribution is 2.34. The Hall–Kier alpha value is -3.46. The van der Waals surface area contributed by atoms with Crippen LogP contribution in [0.3, 0.4) is 0 Å². The topological polar surface area (TPSA) is 142 Å². The summed E-state index contributed by atoms with van der Waals surface area (Å²) in [6.45, 7) is 1.12. The van der Waals surface area contributed by atoms with E-state index < -0.39 is 17.6 Å². The fourth-order valence-corrected chi connectivity index (χ4v) is 2.20. The number of aromatic nitrogens is 3. The third-order valence-electron chi connectivity index (χ3n) is 3.60. The van der Waals surface area contributed by atoms with Crippen LogP contribution in [0, 0.1) is 11.3 Å². The number of hydrogen-bond donors (Lipinski definition) is 4. The summed E-state index contributed by atoms with van der Waals surface area (Å²) in [5, 5.41) is 17.1. The van der Waals surface area contributed by atoms with Crippen LogP contribution >= 0.6 is 0 Å². The minimum absolute atomic E-state index is 0.0495. The Morgan fingerprint density at radius 2 is 1.97 bits per heavy atom. The van der Waals surface area contributed by atoms with E-state index in [2.05, 4.69) is 30.9 Å². The SMILES string of the molecule is N#Cc1ccc(Nc2ncc(C(F)(F)F)c(NCCCNCCC(N)=O)n2)cn1. The van der Waals surface area contributed by atoms with Gasteiger partial charge in [0, 0.05) is 25.7 Å². The van der Waals surface area contributed by atoms with Crippen LogP contribution in [0.15, 0.2) is 24.5 Å². The number of hydrogen-bond acceptors (Lipinski definition) is 8. The lowest BCUT2D eigenvalue weighted by Crippen LogP contribution is -2.24. The second-order valence-corrected chi connectivity index (χ2v) is 5.87. The Bertz CT molecular complexity index is 864. The molecule has 0 spiro atoms. The van der Waals surface area contributed by atoms with Crippen LogP contribution in [0.4, 0.5) is 30.6 Å². The third-order valence-corrected chi connectivity index (χ3v) is 3.60. The highest BCUT2D eigenvalue weighted by Gasteiger charge is 2.35. The number of nitrogens with two attached hydrogens (primary N) is 1. The lowest BCUT2D eigenvalue weighted by atomic mass is 10.3. The van der Waals surface area contributed by atoms with Gasteiger partial charge in [-0.15, -0.1) is 0 Å². The Morgan fingerprint density at radius 1 is 1.17 bits per heavy atom. The van der Waals surface area contributed by atoms with Crippen molar-refractivity contribution in [2.45, 2.75) is 19.0 Å². The van der Waals surface area contributed by atoms with E-state index in [0.29, 0.717) is 31.4 Å². The molecule has 0 atom stereocenters. The Balaban J connectivity index is 2.00.